The predicted octanol–water partition coefficient (Wildman–Crippen LogP) is 1.66. The summed E-state index contributed by atoms with van der Waals surface area (Å²) in [5.41, 5.74) is 1.10. The summed E-state index contributed by atoms with van der Waals surface area (Å²) in [6, 6.07) is 3.95. The number of nitrogens with one attached hydrogen (secondary N) is 1. The Morgan fingerprint density at radius 2 is 2.43 bits per heavy atom. The molecule has 0 unspecified atom stereocenters. The highest BCUT2D eigenvalue weighted by Gasteiger charge is 2.01. The van der Waals surface area contributed by atoms with Crippen LogP contribution in [0.1, 0.15) is 18.5 Å². The lowest BCUT2D eigenvalue weighted by atomic mass is 10.3. The minimum atomic E-state index is 0.0619. The molecule has 14 heavy (non-hydrogen) atoms. The Bertz CT molecular complexity index is 296. The third-order valence-corrected chi connectivity index (χ3v) is 2.32. The second-order valence-corrected chi connectivity index (χ2v) is 3.56. The van der Waals surface area contributed by atoms with E-state index in [0.29, 0.717) is 18.8 Å². The maximum Gasteiger partial charge on any atom is 0.220 e. The van der Waals surface area contributed by atoms with Gasteiger partial charge in [-0.3, -0.25) is 4.79 Å². The maximum absolute atomic E-state index is 11.2. The van der Waals surface area contributed by atoms with Crippen LogP contribution < -0.4 is 5.32 Å². The molecule has 0 aromatic carbocycles. The van der Waals surface area contributed by atoms with E-state index in [1.54, 1.807) is 0 Å². The second-order valence-electron chi connectivity index (χ2n) is 3.18. The van der Waals surface area contributed by atoms with Crippen LogP contribution in [0.15, 0.2) is 18.3 Å². The van der Waals surface area contributed by atoms with Gasteiger partial charge in [-0.25, -0.2) is 0 Å². The van der Waals surface area contributed by atoms with E-state index in [-0.39, 0.29) is 5.91 Å². The third kappa shape index (κ3) is 3.42. The van der Waals surface area contributed by atoms with E-state index in [4.69, 9.17) is 11.6 Å². The van der Waals surface area contributed by atoms with Gasteiger partial charge in [0.2, 0.25) is 5.91 Å². The van der Waals surface area contributed by atoms with Gasteiger partial charge in [0.25, 0.3) is 0 Å². The van der Waals surface area contributed by atoms with Gasteiger partial charge in [-0.15, -0.1) is 11.6 Å². The average molecular weight is 215 g/mol. The van der Waals surface area contributed by atoms with Crippen molar-refractivity contribution in [2.75, 3.05) is 5.88 Å². The Kier molecular flexibility index (Phi) is 4.53. The van der Waals surface area contributed by atoms with Crippen LogP contribution in [0, 0.1) is 0 Å². The van der Waals surface area contributed by atoms with E-state index in [1.165, 1.54) is 0 Å². The van der Waals surface area contributed by atoms with Crippen LogP contribution in [-0.2, 0) is 18.4 Å². The molecule has 0 fully saturated rings. The zero-order valence-electron chi connectivity index (χ0n) is 8.29. The first-order chi connectivity index (χ1) is 6.74. The number of halogens is 1. The van der Waals surface area contributed by atoms with Crippen LogP contribution in [0.25, 0.3) is 0 Å². The van der Waals surface area contributed by atoms with Crippen molar-refractivity contribution in [2.45, 2.75) is 19.4 Å². The van der Waals surface area contributed by atoms with E-state index < -0.39 is 0 Å². The molecule has 1 amide bonds. The van der Waals surface area contributed by atoms with Gasteiger partial charge in [0.05, 0.1) is 6.54 Å². The van der Waals surface area contributed by atoms with Crippen molar-refractivity contribution in [1.29, 1.82) is 0 Å². The van der Waals surface area contributed by atoms with E-state index in [1.807, 2.05) is 29.9 Å². The van der Waals surface area contributed by atoms with E-state index in [9.17, 15) is 4.79 Å². The largest absolute Gasteiger partial charge is 0.353 e. The number of hydrogen-bond acceptors (Lipinski definition) is 1. The minimum absolute atomic E-state index is 0.0619. The first-order valence-corrected chi connectivity index (χ1v) is 5.20. The Morgan fingerprint density at radius 3 is 3.00 bits per heavy atom. The molecule has 0 bridgehead atoms. The first-order valence-electron chi connectivity index (χ1n) is 4.67. The number of aromatic nitrogens is 1. The van der Waals surface area contributed by atoms with Crippen molar-refractivity contribution < 1.29 is 4.79 Å². The minimum Gasteiger partial charge on any atom is -0.353 e. The van der Waals surface area contributed by atoms with Crippen LogP contribution in [0.3, 0.4) is 0 Å². The molecule has 1 aromatic rings. The molecule has 0 saturated heterocycles. The molecule has 0 spiro atoms. The summed E-state index contributed by atoms with van der Waals surface area (Å²) in [5, 5.41) is 2.84. The van der Waals surface area contributed by atoms with Crippen LogP contribution in [0.5, 0.6) is 0 Å². The number of aryl methyl sites for hydroxylation is 1. The molecule has 0 aliphatic heterocycles. The predicted molar refractivity (Wildman–Crippen MR) is 57.2 cm³/mol. The summed E-state index contributed by atoms with van der Waals surface area (Å²) in [4.78, 5) is 11.2. The van der Waals surface area contributed by atoms with Gasteiger partial charge in [-0.05, 0) is 18.6 Å². The molecule has 0 saturated carbocycles. The Labute approximate surface area is 89.1 Å². The molecule has 1 rings (SSSR count). The van der Waals surface area contributed by atoms with Gasteiger partial charge in [-0.2, -0.15) is 0 Å². The van der Waals surface area contributed by atoms with Crippen molar-refractivity contribution in [1.82, 2.24) is 9.88 Å². The molecule has 1 heterocycles. The van der Waals surface area contributed by atoms with Crippen molar-refractivity contribution in [3.8, 4) is 0 Å². The summed E-state index contributed by atoms with van der Waals surface area (Å²) in [6.07, 6.45) is 3.20. The topological polar surface area (TPSA) is 34.0 Å². The quantitative estimate of drug-likeness (QED) is 0.744. The SMILES string of the molecule is Cn1cccc1CNC(=O)CCCCl. The molecule has 4 heteroatoms. The van der Waals surface area contributed by atoms with Crippen molar-refractivity contribution in [3.63, 3.8) is 0 Å². The first kappa shape index (κ1) is 11.1. The van der Waals surface area contributed by atoms with Gasteiger partial charge < -0.3 is 9.88 Å². The number of carbonyl (C=O) groups excluding carboxylic acids is 1. The van der Waals surface area contributed by atoms with Crippen molar-refractivity contribution >= 4 is 17.5 Å². The van der Waals surface area contributed by atoms with Gasteiger partial charge in [-0.1, -0.05) is 0 Å². The highest BCUT2D eigenvalue weighted by molar-refractivity contribution is 6.17. The number of alkyl halides is 1. The highest BCUT2D eigenvalue weighted by atomic mass is 35.5. The summed E-state index contributed by atoms with van der Waals surface area (Å²) in [5.74, 6) is 0.601. The number of amides is 1. The fourth-order valence-electron chi connectivity index (χ4n) is 1.19. The number of hydrogen-bond donors (Lipinski definition) is 1. The molecule has 0 aliphatic rings. The Hall–Kier alpha value is -0.960. The maximum atomic E-state index is 11.2. The monoisotopic (exact) mass is 214 g/mol. The Morgan fingerprint density at radius 1 is 1.64 bits per heavy atom. The molecular weight excluding hydrogens is 200 g/mol. The third-order valence-electron chi connectivity index (χ3n) is 2.06. The zero-order chi connectivity index (χ0) is 10.4. The number of rotatable bonds is 5. The zero-order valence-corrected chi connectivity index (χ0v) is 9.05. The summed E-state index contributed by atoms with van der Waals surface area (Å²) < 4.78 is 1.99. The van der Waals surface area contributed by atoms with Gasteiger partial charge >= 0.3 is 0 Å². The fourth-order valence-corrected chi connectivity index (χ4v) is 1.32. The van der Waals surface area contributed by atoms with E-state index in [2.05, 4.69) is 5.32 Å². The summed E-state index contributed by atoms with van der Waals surface area (Å²) in [7, 11) is 1.96. The number of nitrogens with zero attached hydrogens (tertiary/aromatic N) is 1. The molecule has 1 N–H and O–H groups in total. The normalized spacial score (nSPS) is 10.1. The van der Waals surface area contributed by atoms with Gasteiger partial charge in [0, 0.05) is 31.2 Å². The van der Waals surface area contributed by atoms with Crippen LogP contribution in [0.2, 0.25) is 0 Å². The standard InChI is InChI=1S/C10H15ClN2O/c1-13-7-3-4-9(13)8-12-10(14)5-2-6-11/h3-4,7H,2,5-6,8H2,1H3,(H,12,14). The van der Waals surface area contributed by atoms with Crippen LogP contribution in [-0.4, -0.2) is 16.4 Å². The lowest BCUT2D eigenvalue weighted by Crippen LogP contribution is -2.23. The van der Waals surface area contributed by atoms with E-state index >= 15 is 0 Å². The van der Waals surface area contributed by atoms with Crippen molar-refractivity contribution in [3.05, 3.63) is 24.0 Å². The molecule has 3 nitrogen and oxygen atoms in total. The van der Waals surface area contributed by atoms with E-state index in [0.717, 1.165) is 12.1 Å². The highest BCUT2D eigenvalue weighted by Crippen LogP contribution is 1.99. The molecule has 1 aromatic heterocycles. The molecule has 78 valence electrons. The van der Waals surface area contributed by atoms with Gasteiger partial charge in [0.15, 0.2) is 0 Å². The van der Waals surface area contributed by atoms with Gasteiger partial charge in [0.1, 0.15) is 0 Å². The molecule has 0 atom stereocenters. The summed E-state index contributed by atoms with van der Waals surface area (Å²) >= 11 is 5.49. The van der Waals surface area contributed by atoms with Crippen LogP contribution >= 0.6 is 11.6 Å². The molecule has 0 radical (unpaired) electrons. The Balaban J connectivity index is 2.27. The smallest absolute Gasteiger partial charge is 0.220 e. The van der Waals surface area contributed by atoms with Crippen LogP contribution in [0.4, 0.5) is 0 Å². The second kappa shape index (κ2) is 5.70. The fraction of sp³-hybridized carbons (Fsp3) is 0.500. The molecular formula is C10H15ClN2O. The lowest BCUT2D eigenvalue weighted by Gasteiger charge is -2.05. The number of carbonyl (C=O) groups is 1. The lowest BCUT2D eigenvalue weighted by molar-refractivity contribution is -0.121. The summed E-state index contributed by atoms with van der Waals surface area (Å²) in [6.45, 7) is 0.588. The average Bonchev–Trinajstić information content (AvgIpc) is 2.58. The molecule has 0 aliphatic carbocycles. The van der Waals surface area contributed by atoms with Crippen molar-refractivity contribution in [2.24, 2.45) is 7.05 Å².